The molecule has 64 heavy (non-hydrogen) atoms. The van der Waals surface area contributed by atoms with Crippen molar-refractivity contribution in [2.24, 2.45) is 0 Å². The van der Waals surface area contributed by atoms with Crippen molar-refractivity contribution in [2.75, 3.05) is 57.2 Å². The smallest absolute Gasteiger partial charge is 0.384 e. The van der Waals surface area contributed by atoms with Crippen LogP contribution in [0.4, 0.5) is 65.8 Å². The van der Waals surface area contributed by atoms with Gasteiger partial charge in [0.15, 0.2) is 40.3 Å². The van der Waals surface area contributed by atoms with Gasteiger partial charge in [-0.25, -0.2) is 24.7 Å². The van der Waals surface area contributed by atoms with Gasteiger partial charge in [-0.3, -0.25) is 30.0 Å². The van der Waals surface area contributed by atoms with E-state index in [1.165, 1.54) is 17.0 Å². The lowest BCUT2D eigenvalue weighted by Crippen LogP contribution is -2.48. The molecule has 336 valence electrons. The first-order chi connectivity index (χ1) is 30.4. The lowest BCUT2D eigenvalue weighted by Gasteiger charge is -2.35. The van der Waals surface area contributed by atoms with Gasteiger partial charge in [0.2, 0.25) is 0 Å². The lowest BCUT2D eigenvalue weighted by molar-refractivity contribution is -0.134. The fourth-order valence-corrected chi connectivity index (χ4v) is 7.92. The molecule has 10 heterocycles. The van der Waals surface area contributed by atoms with Gasteiger partial charge in [0, 0.05) is 56.5 Å². The minimum atomic E-state index is -4.43. The normalized spacial score (nSPS) is 17.2. The zero-order chi connectivity index (χ0) is 45.5. The number of hydrogen-bond acceptors (Lipinski definition) is 13. The van der Waals surface area contributed by atoms with Crippen molar-refractivity contribution in [3.8, 4) is 0 Å². The second-order valence-electron chi connectivity index (χ2n) is 15.8. The Morgan fingerprint density at radius 2 is 1.36 bits per heavy atom. The number of Topliss-reactive ketones (excluding diaryl/α,β-unsaturated/α-hetero) is 2. The molecule has 6 N–H and O–H groups in total. The summed E-state index contributed by atoms with van der Waals surface area (Å²) in [6, 6.07) is 13.4. The van der Waals surface area contributed by atoms with Crippen LogP contribution < -0.4 is 31.1 Å². The number of carbonyl (C=O) groups is 3. The molecule has 0 unspecified atom stereocenters. The van der Waals surface area contributed by atoms with Crippen LogP contribution in [0, 0.1) is 13.8 Å². The highest BCUT2D eigenvalue weighted by Crippen LogP contribution is 2.40. The van der Waals surface area contributed by atoms with Crippen LogP contribution in [-0.4, -0.2) is 109 Å². The summed E-state index contributed by atoms with van der Waals surface area (Å²) >= 11 is 0. The highest BCUT2D eigenvalue weighted by molar-refractivity contribution is 6.08. The van der Waals surface area contributed by atoms with E-state index in [4.69, 9.17) is 5.73 Å². The number of nitrogens with zero attached hydrogens (tertiary/aromatic N) is 9. The zero-order valence-electron chi connectivity index (χ0n) is 34.4. The molecule has 0 aliphatic carbocycles. The number of carbonyl (C=O) groups excluding carboxylic acids is 3. The van der Waals surface area contributed by atoms with E-state index in [1.54, 1.807) is 24.3 Å². The number of rotatable bonds is 7. The van der Waals surface area contributed by atoms with Gasteiger partial charge in [-0.2, -0.15) is 36.5 Å². The number of aryl methyl sites for hydroxylation is 2. The number of H-pyrrole nitrogens is 2. The molecule has 4 aliphatic rings. The first kappa shape index (κ1) is 43.6. The number of anilines is 6. The van der Waals surface area contributed by atoms with Crippen LogP contribution in [0.25, 0.3) is 22.1 Å². The number of aromatic amines is 2. The largest absolute Gasteiger partial charge is 0.389 e. The monoisotopic (exact) mass is 892 g/mol. The SMILES string of the molecule is Cc1ccc2c(N)[nH]nc2n1.Cc1ccc2c(NC(=O)N3c4nc(C(=O)CCC(F)(F)F)ccc4N4CC[C@H]3C4)n[nH]c2n1.O=C(CCC(F)(F)F)c1ccc2c(n1)N[C@H]1CCN2C1. The Hall–Kier alpha value is -7.07. The van der Waals surface area contributed by atoms with Crippen molar-refractivity contribution in [2.45, 2.75) is 76.8 Å². The van der Waals surface area contributed by atoms with Gasteiger partial charge < -0.3 is 20.9 Å². The van der Waals surface area contributed by atoms with Crippen LogP contribution in [0.5, 0.6) is 0 Å². The quantitative estimate of drug-likeness (QED) is 0.0787. The molecule has 0 radical (unpaired) electrons. The maximum absolute atomic E-state index is 13.3. The number of pyridine rings is 4. The molecule has 2 amide bonds. The number of amides is 2. The average molecular weight is 893 g/mol. The van der Waals surface area contributed by atoms with Gasteiger partial charge in [0.25, 0.3) is 0 Å². The fraction of sp³-hybridized carbons (Fsp3) is 0.390. The predicted octanol–water partition coefficient (Wildman–Crippen LogP) is 7.28. The topological polar surface area (TPSA) is 220 Å². The molecule has 0 spiro atoms. The van der Waals surface area contributed by atoms with Gasteiger partial charge in [-0.15, -0.1) is 0 Å². The van der Waals surface area contributed by atoms with Crippen molar-refractivity contribution >= 4 is 74.3 Å². The molecule has 23 heteroatoms. The third-order valence-corrected chi connectivity index (χ3v) is 11.1. The number of nitrogen functional groups attached to an aromatic ring is 1. The van der Waals surface area contributed by atoms with Gasteiger partial charge in [0.05, 0.1) is 41.0 Å². The highest BCUT2D eigenvalue weighted by atomic mass is 19.4. The lowest BCUT2D eigenvalue weighted by atomic mass is 10.1. The van der Waals surface area contributed by atoms with E-state index >= 15 is 0 Å². The third kappa shape index (κ3) is 9.61. The summed E-state index contributed by atoms with van der Waals surface area (Å²) in [4.78, 5) is 60.1. The Labute approximate surface area is 360 Å². The number of urea groups is 1. The Bertz CT molecular complexity index is 2740. The molecular formula is C41H42F6N14O3. The van der Waals surface area contributed by atoms with Crippen molar-refractivity contribution in [1.82, 2.24) is 40.3 Å². The number of fused-ring (bicyclic) bond motifs is 10. The summed E-state index contributed by atoms with van der Waals surface area (Å²) in [7, 11) is 0. The Morgan fingerprint density at radius 1 is 0.734 bits per heavy atom. The number of nitrogens with two attached hydrogens (primary N) is 1. The van der Waals surface area contributed by atoms with Crippen molar-refractivity contribution < 1.29 is 40.7 Å². The molecule has 17 nitrogen and oxygen atoms in total. The number of alkyl halides is 6. The minimum Gasteiger partial charge on any atom is -0.384 e. The Morgan fingerprint density at radius 3 is 2.06 bits per heavy atom. The standard InChI is InChI=1S/C21H20F3N7O2.C13H14F3N3O.C7H8N4/c1-11-2-3-13-17(25-11)28-29-18(13)27-20(33)31-12-7-9-30(10-12)15-5-4-14(26-19(15)31)16(32)6-8-21(22,23)24;14-13(15,16)5-3-11(20)9-1-2-10-12(18-9)17-8-4-6-19(10)7-8;1-4-2-3-5-6(8)10-11-7(5)9-4/h2-5,12H,6-10H2,1H3,(H2,25,27,28,29,33);1-2,8H,3-7H2,(H,17,18);2-3H,1H3,(H3,8,9,10,11)/t12-;8-;/m00./s1. The summed E-state index contributed by atoms with van der Waals surface area (Å²) in [5.74, 6) is 0.460. The zero-order valence-corrected chi connectivity index (χ0v) is 34.4. The van der Waals surface area contributed by atoms with Crippen LogP contribution in [0.1, 0.15) is 70.9 Å². The van der Waals surface area contributed by atoms with E-state index in [1.807, 2.05) is 26.0 Å². The molecule has 0 saturated carbocycles. The van der Waals surface area contributed by atoms with Gasteiger partial charge >= 0.3 is 18.4 Å². The minimum absolute atomic E-state index is 0.0943. The number of halogens is 6. The van der Waals surface area contributed by atoms with Crippen LogP contribution in [0.15, 0.2) is 48.5 Å². The number of aromatic nitrogens is 8. The van der Waals surface area contributed by atoms with E-state index in [0.717, 1.165) is 42.0 Å². The molecule has 2 atom stereocenters. The molecule has 10 rings (SSSR count). The number of nitrogens with one attached hydrogen (secondary N) is 4. The predicted molar refractivity (Wildman–Crippen MR) is 226 cm³/mol. The van der Waals surface area contributed by atoms with Gasteiger partial charge in [-0.1, -0.05) is 0 Å². The van der Waals surface area contributed by atoms with Crippen LogP contribution >= 0.6 is 0 Å². The molecule has 2 fully saturated rings. The molecule has 6 aromatic rings. The van der Waals surface area contributed by atoms with Crippen molar-refractivity contribution in [3.63, 3.8) is 0 Å². The number of ketones is 2. The third-order valence-electron chi connectivity index (χ3n) is 11.1. The second kappa shape index (κ2) is 17.2. The molecular weight excluding hydrogens is 851 g/mol. The van der Waals surface area contributed by atoms with Crippen LogP contribution in [0.2, 0.25) is 0 Å². The molecule has 4 bridgehead atoms. The molecule has 2 saturated heterocycles. The van der Waals surface area contributed by atoms with E-state index in [0.29, 0.717) is 65.4 Å². The van der Waals surface area contributed by atoms with E-state index in [2.05, 4.69) is 60.8 Å². The maximum Gasteiger partial charge on any atom is 0.389 e. The molecule has 4 aliphatic heterocycles. The second-order valence-corrected chi connectivity index (χ2v) is 15.8. The first-order valence-electron chi connectivity index (χ1n) is 20.4. The molecule has 0 aromatic carbocycles. The fourth-order valence-electron chi connectivity index (χ4n) is 7.92. The van der Waals surface area contributed by atoms with E-state index < -0.39 is 55.6 Å². The van der Waals surface area contributed by atoms with Crippen molar-refractivity contribution in [1.29, 1.82) is 0 Å². The first-order valence-corrected chi connectivity index (χ1v) is 20.4. The summed E-state index contributed by atoms with van der Waals surface area (Å²) in [6.07, 6.45) is -10.6. The Balaban J connectivity index is 0.000000151. The highest BCUT2D eigenvalue weighted by Gasteiger charge is 2.41. The van der Waals surface area contributed by atoms with E-state index in [-0.39, 0.29) is 23.2 Å². The van der Waals surface area contributed by atoms with Gasteiger partial charge in [-0.05, 0) is 75.2 Å². The van der Waals surface area contributed by atoms with Crippen LogP contribution in [0.3, 0.4) is 0 Å². The van der Waals surface area contributed by atoms with Crippen LogP contribution in [-0.2, 0) is 0 Å². The Kier molecular flexibility index (Phi) is 11.7. The summed E-state index contributed by atoms with van der Waals surface area (Å²) < 4.78 is 74.0. The maximum atomic E-state index is 13.3. The summed E-state index contributed by atoms with van der Waals surface area (Å²) in [5.41, 5.74) is 10.1. The summed E-state index contributed by atoms with van der Waals surface area (Å²) in [5, 5.41) is 21.1. The molecule has 6 aromatic heterocycles. The van der Waals surface area contributed by atoms with E-state index in [9.17, 15) is 40.7 Å². The van der Waals surface area contributed by atoms with Crippen molar-refractivity contribution in [3.05, 3.63) is 71.3 Å². The number of hydrogen-bond donors (Lipinski definition) is 5. The summed E-state index contributed by atoms with van der Waals surface area (Å²) in [6.45, 7) is 6.92. The van der Waals surface area contributed by atoms with Gasteiger partial charge in [0.1, 0.15) is 17.2 Å². The average Bonchev–Trinajstić information content (AvgIpc) is 4.05.